The molecular weight excluding hydrogens is 120 g/mol. The Morgan fingerprint density at radius 1 is 1.78 bits per heavy atom. The lowest BCUT2D eigenvalue weighted by Crippen LogP contribution is -1.96. The molecule has 0 aliphatic heterocycles. The largest absolute Gasteiger partial charge is 0.375 e. The zero-order valence-corrected chi connectivity index (χ0v) is 4.76. The monoisotopic (exact) mass is 124 g/mol. The van der Waals surface area contributed by atoms with Crippen molar-refractivity contribution in [3.8, 4) is 6.07 Å². The van der Waals surface area contributed by atoms with Gasteiger partial charge in [0.1, 0.15) is 6.07 Å². The van der Waals surface area contributed by atoms with Gasteiger partial charge in [0.15, 0.2) is 5.56 Å². The fourth-order valence-corrected chi connectivity index (χ4v) is 0.508. The summed E-state index contributed by atoms with van der Waals surface area (Å²) in [6.07, 6.45) is 0. The molecule has 4 nitrogen and oxygen atoms in total. The topological polar surface area (TPSA) is 69.8 Å². The van der Waals surface area contributed by atoms with Crippen LogP contribution >= 0.6 is 0 Å². The van der Waals surface area contributed by atoms with Crippen LogP contribution in [0, 0.1) is 18.3 Å². The first-order chi connectivity index (χ1) is 4.25. The summed E-state index contributed by atoms with van der Waals surface area (Å²) in [5, 5.41) is 10.5. The molecule has 1 N–H and O–H groups in total. The molecule has 0 aliphatic carbocycles. The Hall–Kier alpha value is -1.50. The van der Waals surface area contributed by atoms with Crippen LogP contribution in [0.5, 0.6) is 0 Å². The van der Waals surface area contributed by atoms with Crippen molar-refractivity contribution in [1.82, 2.24) is 5.16 Å². The van der Waals surface area contributed by atoms with Gasteiger partial charge in [0, 0.05) is 0 Å². The molecular formula is C5H4N2O2. The second-order valence-corrected chi connectivity index (χ2v) is 1.60. The van der Waals surface area contributed by atoms with Gasteiger partial charge in [-0.1, -0.05) is 0 Å². The number of nitriles is 1. The normalized spacial score (nSPS) is 8.89. The number of aryl methyl sites for hydroxylation is 1. The molecule has 1 aromatic heterocycles. The van der Waals surface area contributed by atoms with Crippen LogP contribution in [0.4, 0.5) is 0 Å². The van der Waals surface area contributed by atoms with Gasteiger partial charge in [0.25, 0.3) is 0 Å². The third kappa shape index (κ3) is 0.722. The second-order valence-electron chi connectivity index (χ2n) is 1.60. The predicted octanol–water partition coefficient (Wildman–Crippen LogP) is 0.148. The minimum Gasteiger partial charge on any atom is -0.337 e. The SMILES string of the molecule is Cc1[nH]oc(=O)c1C#N. The predicted molar refractivity (Wildman–Crippen MR) is 28.8 cm³/mol. The highest BCUT2D eigenvalue weighted by Gasteiger charge is 2.04. The molecule has 0 radical (unpaired) electrons. The molecule has 0 atom stereocenters. The number of aromatic nitrogens is 1. The van der Waals surface area contributed by atoms with Crippen molar-refractivity contribution in [2.75, 3.05) is 0 Å². The van der Waals surface area contributed by atoms with Gasteiger partial charge in [-0.3, -0.25) is 0 Å². The van der Waals surface area contributed by atoms with E-state index in [1.54, 1.807) is 13.0 Å². The second kappa shape index (κ2) is 1.78. The van der Waals surface area contributed by atoms with Crippen molar-refractivity contribution in [2.24, 2.45) is 0 Å². The van der Waals surface area contributed by atoms with Gasteiger partial charge in [-0.05, 0) is 6.92 Å². The van der Waals surface area contributed by atoms with Gasteiger partial charge in [0.2, 0.25) is 0 Å². The first-order valence-electron chi connectivity index (χ1n) is 2.34. The van der Waals surface area contributed by atoms with Crippen LogP contribution in [0.15, 0.2) is 9.32 Å². The number of aromatic amines is 1. The van der Waals surface area contributed by atoms with Gasteiger partial charge < -0.3 is 4.52 Å². The maximum Gasteiger partial charge on any atom is 0.375 e. The van der Waals surface area contributed by atoms with E-state index < -0.39 is 5.63 Å². The van der Waals surface area contributed by atoms with Gasteiger partial charge in [-0.15, -0.1) is 0 Å². The minimum absolute atomic E-state index is 0.0509. The van der Waals surface area contributed by atoms with Crippen molar-refractivity contribution < 1.29 is 4.52 Å². The summed E-state index contributed by atoms with van der Waals surface area (Å²) in [6, 6.07) is 1.71. The summed E-state index contributed by atoms with van der Waals surface area (Å²) in [4.78, 5) is 10.5. The molecule has 0 saturated heterocycles. The Labute approximate surface area is 50.7 Å². The van der Waals surface area contributed by atoms with Crippen molar-refractivity contribution >= 4 is 0 Å². The lowest BCUT2D eigenvalue weighted by Gasteiger charge is -1.73. The highest BCUT2D eigenvalue weighted by molar-refractivity contribution is 5.27. The molecule has 4 heteroatoms. The summed E-state index contributed by atoms with van der Waals surface area (Å²) in [7, 11) is 0. The van der Waals surface area contributed by atoms with Gasteiger partial charge >= 0.3 is 5.63 Å². The summed E-state index contributed by atoms with van der Waals surface area (Å²) >= 11 is 0. The average molecular weight is 124 g/mol. The fraction of sp³-hybridized carbons (Fsp3) is 0.200. The van der Waals surface area contributed by atoms with E-state index in [9.17, 15) is 4.79 Å². The van der Waals surface area contributed by atoms with E-state index >= 15 is 0 Å². The zero-order valence-electron chi connectivity index (χ0n) is 4.76. The van der Waals surface area contributed by atoms with Gasteiger partial charge in [0.05, 0.1) is 5.69 Å². The number of rotatable bonds is 0. The fourth-order valence-electron chi connectivity index (χ4n) is 0.508. The summed E-state index contributed by atoms with van der Waals surface area (Å²) in [5.41, 5.74) is -0.0764. The standard InChI is InChI=1S/C5H4N2O2/c1-3-4(2-6)5(8)9-7-3/h7H,1H3. The molecule has 0 unspecified atom stereocenters. The van der Waals surface area contributed by atoms with E-state index in [1.165, 1.54) is 0 Å². The van der Waals surface area contributed by atoms with Crippen LogP contribution in [0.25, 0.3) is 0 Å². The molecule has 46 valence electrons. The highest BCUT2D eigenvalue weighted by Crippen LogP contribution is 1.93. The number of hydrogen-bond donors (Lipinski definition) is 1. The first-order valence-corrected chi connectivity index (χ1v) is 2.34. The van der Waals surface area contributed by atoms with Crippen LogP contribution in [-0.4, -0.2) is 5.16 Å². The summed E-state index contributed by atoms with van der Waals surface area (Å²) in [6.45, 7) is 1.60. The first kappa shape index (κ1) is 5.63. The number of nitrogens with zero attached hydrogens (tertiary/aromatic N) is 1. The molecule has 0 amide bonds. The van der Waals surface area contributed by atoms with Crippen LogP contribution in [0.3, 0.4) is 0 Å². The van der Waals surface area contributed by atoms with E-state index in [1.807, 2.05) is 0 Å². The Kier molecular flexibility index (Phi) is 1.12. The summed E-state index contributed by atoms with van der Waals surface area (Å²) in [5.74, 6) is 0. The van der Waals surface area contributed by atoms with Crippen molar-refractivity contribution in [2.45, 2.75) is 6.92 Å². The van der Waals surface area contributed by atoms with E-state index in [4.69, 9.17) is 5.26 Å². The van der Waals surface area contributed by atoms with Crippen molar-refractivity contribution in [3.05, 3.63) is 21.7 Å². The van der Waals surface area contributed by atoms with Crippen molar-refractivity contribution in [3.63, 3.8) is 0 Å². The average Bonchev–Trinajstić information content (AvgIpc) is 2.12. The maximum atomic E-state index is 10.5. The number of nitrogens with one attached hydrogen (secondary N) is 1. The highest BCUT2D eigenvalue weighted by atomic mass is 16.5. The molecule has 0 bridgehead atoms. The van der Waals surface area contributed by atoms with Crippen LogP contribution in [0.2, 0.25) is 0 Å². The van der Waals surface area contributed by atoms with E-state index in [0.29, 0.717) is 5.69 Å². The molecule has 1 heterocycles. The maximum absolute atomic E-state index is 10.5. The molecule has 9 heavy (non-hydrogen) atoms. The lowest BCUT2D eigenvalue weighted by atomic mass is 10.3. The Morgan fingerprint density at radius 3 is 2.67 bits per heavy atom. The Bertz CT molecular complexity index is 301. The molecule has 0 saturated carbocycles. The molecule has 0 aromatic carbocycles. The third-order valence-corrected chi connectivity index (χ3v) is 0.988. The molecule has 0 spiro atoms. The third-order valence-electron chi connectivity index (χ3n) is 0.988. The number of H-pyrrole nitrogens is 1. The summed E-state index contributed by atoms with van der Waals surface area (Å²) < 4.78 is 4.28. The smallest absolute Gasteiger partial charge is 0.337 e. The van der Waals surface area contributed by atoms with Crippen molar-refractivity contribution in [1.29, 1.82) is 5.26 Å². The number of hydrogen-bond acceptors (Lipinski definition) is 3. The minimum atomic E-state index is -0.602. The van der Waals surface area contributed by atoms with Gasteiger partial charge in [-0.25, -0.2) is 9.95 Å². The lowest BCUT2D eigenvalue weighted by molar-refractivity contribution is 0.387. The molecule has 1 rings (SSSR count). The zero-order chi connectivity index (χ0) is 6.85. The van der Waals surface area contributed by atoms with Gasteiger partial charge in [-0.2, -0.15) is 5.26 Å². The van der Waals surface area contributed by atoms with E-state index in [2.05, 4.69) is 9.68 Å². The molecule has 0 aliphatic rings. The van der Waals surface area contributed by atoms with E-state index in [0.717, 1.165) is 0 Å². The molecule has 1 aromatic rings. The Morgan fingerprint density at radius 2 is 2.44 bits per heavy atom. The van der Waals surface area contributed by atoms with Crippen LogP contribution in [-0.2, 0) is 0 Å². The van der Waals surface area contributed by atoms with E-state index in [-0.39, 0.29) is 5.56 Å². The quantitative estimate of drug-likeness (QED) is 0.535. The molecule has 0 fully saturated rings. The Balaban J connectivity index is 3.46. The van der Waals surface area contributed by atoms with Crippen LogP contribution < -0.4 is 5.63 Å². The van der Waals surface area contributed by atoms with Crippen LogP contribution in [0.1, 0.15) is 11.3 Å².